The van der Waals surface area contributed by atoms with Crippen molar-refractivity contribution in [3.05, 3.63) is 98.1 Å². The predicted molar refractivity (Wildman–Crippen MR) is 129 cm³/mol. The van der Waals surface area contributed by atoms with Gasteiger partial charge in [0.15, 0.2) is 5.76 Å². The lowest BCUT2D eigenvalue weighted by molar-refractivity contribution is 0.101. The van der Waals surface area contributed by atoms with Gasteiger partial charge in [-0.05, 0) is 54.3 Å². The quantitative estimate of drug-likeness (QED) is 0.568. The SMILES string of the molecule is O=C1/C(=C/c2cccc(Cl)c2)Oc2c1ccc(O)c2CN1C[C@H]2C[C@@H](C1)c1cccc(=O)n1C2. The van der Waals surface area contributed by atoms with Crippen LogP contribution in [0.2, 0.25) is 5.02 Å². The summed E-state index contributed by atoms with van der Waals surface area (Å²) < 4.78 is 7.92. The maximum atomic E-state index is 13.0. The summed E-state index contributed by atoms with van der Waals surface area (Å²) >= 11 is 6.08. The molecule has 34 heavy (non-hydrogen) atoms. The van der Waals surface area contributed by atoms with E-state index in [1.165, 1.54) is 0 Å². The Labute approximate surface area is 201 Å². The van der Waals surface area contributed by atoms with Crippen molar-refractivity contribution in [2.24, 2.45) is 5.92 Å². The number of nitrogens with zero attached hydrogens (tertiary/aromatic N) is 2. The lowest BCUT2D eigenvalue weighted by Crippen LogP contribution is -2.46. The number of benzene rings is 2. The molecule has 0 saturated carbocycles. The van der Waals surface area contributed by atoms with E-state index in [9.17, 15) is 14.7 Å². The number of phenols is 1. The second kappa shape index (κ2) is 8.15. The molecule has 0 unspecified atom stereocenters. The first-order valence-corrected chi connectivity index (χ1v) is 11.8. The summed E-state index contributed by atoms with van der Waals surface area (Å²) in [6, 6.07) is 15.9. The third-order valence-corrected chi connectivity index (χ3v) is 7.23. The molecule has 0 radical (unpaired) electrons. The first-order chi connectivity index (χ1) is 16.5. The largest absolute Gasteiger partial charge is 0.507 e. The molecule has 1 saturated heterocycles. The van der Waals surface area contributed by atoms with E-state index >= 15 is 0 Å². The Morgan fingerprint density at radius 1 is 1.06 bits per heavy atom. The van der Waals surface area contributed by atoms with Gasteiger partial charge in [0.05, 0.1) is 11.1 Å². The van der Waals surface area contributed by atoms with E-state index in [-0.39, 0.29) is 28.8 Å². The van der Waals surface area contributed by atoms with Gasteiger partial charge >= 0.3 is 0 Å². The molecule has 2 aromatic carbocycles. The molecular weight excluding hydrogens is 452 g/mol. The number of ketones is 1. The number of aromatic hydroxyl groups is 1. The maximum absolute atomic E-state index is 13.0. The highest BCUT2D eigenvalue weighted by Crippen LogP contribution is 2.42. The minimum atomic E-state index is -0.208. The van der Waals surface area contributed by atoms with Crippen LogP contribution in [0.15, 0.2) is 65.2 Å². The van der Waals surface area contributed by atoms with Crippen molar-refractivity contribution in [3.8, 4) is 11.5 Å². The second-order valence-corrected chi connectivity index (χ2v) is 9.76. The first kappa shape index (κ1) is 21.2. The molecule has 1 N–H and O–H groups in total. The van der Waals surface area contributed by atoms with Crippen molar-refractivity contribution in [3.63, 3.8) is 0 Å². The van der Waals surface area contributed by atoms with Gasteiger partial charge in [0, 0.05) is 48.9 Å². The van der Waals surface area contributed by atoms with Crippen LogP contribution in [-0.2, 0) is 13.1 Å². The minimum Gasteiger partial charge on any atom is -0.507 e. The average molecular weight is 475 g/mol. The molecule has 0 amide bonds. The second-order valence-electron chi connectivity index (χ2n) is 9.33. The minimum absolute atomic E-state index is 0.0603. The summed E-state index contributed by atoms with van der Waals surface area (Å²) in [4.78, 5) is 27.6. The van der Waals surface area contributed by atoms with E-state index in [0.29, 0.717) is 40.9 Å². The van der Waals surface area contributed by atoms with E-state index in [0.717, 1.165) is 30.8 Å². The molecule has 2 bridgehead atoms. The van der Waals surface area contributed by atoms with Gasteiger partial charge in [0.2, 0.25) is 5.78 Å². The third-order valence-electron chi connectivity index (χ3n) is 7.00. The van der Waals surface area contributed by atoms with E-state index in [1.54, 1.807) is 36.4 Å². The van der Waals surface area contributed by atoms with Gasteiger partial charge in [-0.1, -0.05) is 29.8 Å². The fourth-order valence-electron chi connectivity index (χ4n) is 5.55. The summed E-state index contributed by atoms with van der Waals surface area (Å²) in [7, 11) is 0. The number of pyridine rings is 1. The van der Waals surface area contributed by atoms with Crippen LogP contribution >= 0.6 is 11.6 Å². The summed E-state index contributed by atoms with van der Waals surface area (Å²) in [5.74, 6) is 1.17. The number of hydrogen-bond acceptors (Lipinski definition) is 5. The summed E-state index contributed by atoms with van der Waals surface area (Å²) in [5.41, 5.74) is 2.98. The average Bonchev–Trinajstić information content (AvgIpc) is 3.12. The molecule has 6 rings (SSSR count). The van der Waals surface area contributed by atoms with Gasteiger partial charge in [-0.25, -0.2) is 0 Å². The Morgan fingerprint density at radius 3 is 2.76 bits per heavy atom. The van der Waals surface area contributed by atoms with Crippen LogP contribution in [0.1, 0.15) is 39.5 Å². The van der Waals surface area contributed by atoms with Gasteiger partial charge in [-0.15, -0.1) is 0 Å². The summed E-state index contributed by atoms with van der Waals surface area (Å²) in [6.45, 7) is 2.78. The number of phenolic OH excluding ortho intramolecular Hbond substituents is 1. The topological polar surface area (TPSA) is 71.8 Å². The van der Waals surface area contributed by atoms with Gasteiger partial charge in [-0.2, -0.15) is 0 Å². The van der Waals surface area contributed by atoms with Gasteiger partial charge in [0.1, 0.15) is 11.5 Å². The summed E-state index contributed by atoms with van der Waals surface area (Å²) in [5, 5.41) is 11.3. The first-order valence-electron chi connectivity index (χ1n) is 11.4. The van der Waals surface area contributed by atoms with Crippen molar-refractivity contribution in [1.29, 1.82) is 0 Å². The number of fused-ring (bicyclic) bond motifs is 5. The number of rotatable bonds is 3. The zero-order chi connectivity index (χ0) is 23.4. The molecule has 2 atom stereocenters. The van der Waals surface area contributed by atoms with Crippen LogP contribution < -0.4 is 10.3 Å². The number of hydrogen-bond donors (Lipinski definition) is 1. The molecule has 172 valence electrons. The number of allylic oxidation sites excluding steroid dienone is 1. The molecule has 7 heteroatoms. The van der Waals surface area contributed by atoms with Crippen molar-refractivity contribution in [2.45, 2.75) is 25.4 Å². The van der Waals surface area contributed by atoms with E-state index in [2.05, 4.69) is 4.90 Å². The third kappa shape index (κ3) is 3.63. The Balaban J connectivity index is 1.29. The van der Waals surface area contributed by atoms with E-state index in [4.69, 9.17) is 16.3 Å². The maximum Gasteiger partial charge on any atom is 0.250 e. The highest BCUT2D eigenvalue weighted by molar-refractivity contribution is 6.30. The van der Waals surface area contributed by atoms with Crippen LogP contribution in [0.3, 0.4) is 0 Å². The van der Waals surface area contributed by atoms with Gasteiger partial charge in [-0.3, -0.25) is 14.5 Å². The molecule has 0 spiro atoms. The molecular formula is C27H23ClN2O4. The van der Waals surface area contributed by atoms with E-state index in [1.807, 2.05) is 28.8 Å². The van der Waals surface area contributed by atoms with Crippen LogP contribution in [0, 0.1) is 5.92 Å². The lowest BCUT2D eigenvalue weighted by atomic mass is 9.83. The Hall–Kier alpha value is -3.35. The number of piperidine rings is 1. The van der Waals surface area contributed by atoms with Crippen LogP contribution in [-0.4, -0.2) is 33.4 Å². The van der Waals surface area contributed by atoms with Crippen LogP contribution in [0.25, 0.3) is 6.08 Å². The standard InChI is InChI=1S/C27H23ClN2O4/c28-19-4-1-3-16(10-19)11-24-26(33)20-7-8-23(31)21(27(20)34-24)15-29-12-17-9-18(14-29)22-5-2-6-25(32)30(22)13-17/h1-8,10-11,17-18,31H,9,12-15H2/b24-11-/t17-,18+/m1/s1. The molecule has 3 aliphatic heterocycles. The van der Waals surface area contributed by atoms with Gasteiger partial charge in [0.25, 0.3) is 5.56 Å². The normalized spacial score (nSPS) is 22.4. The van der Waals surface area contributed by atoms with Crippen molar-refractivity contribution < 1.29 is 14.6 Å². The van der Waals surface area contributed by atoms with Crippen molar-refractivity contribution >= 4 is 23.5 Å². The predicted octanol–water partition coefficient (Wildman–Crippen LogP) is 4.44. The fourth-order valence-corrected chi connectivity index (χ4v) is 5.74. The molecule has 3 aromatic rings. The Morgan fingerprint density at radius 2 is 1.91 bits per heavy atom. The smallest absolute Gasteiger partial charge is 0.250 e. The highest BCUT2D eigenvalue weighted by Gasteiger charge is 2.36. The molecule has 6 nitrogen and oxygen atoms in total. The van der Waals surface area contributed by atoms with Crippen molar-refractivity contribution in [2.75, 3.05) is 13.1 Å². The van der Waals surface area contributed by atoms with Gasteiger partial charge < -0.3 is 14.4 Å². The zero-order valence-corrected chi connectivity index (χ0v) is 19.2. The van der Waals surface area contributed by atoms with Crippen LogP contribution in [0.4, 0.5) is 0 Å². The molecule has 1 fully saturated rings. The number of carbonyl (C=O) groups excluding carboxylic acids is 1. The molecule has 0 aliphatic carbocycles. The van der Waals surface area contributed by atoms with Crippen LogP contribution in [0.5, 0.6) is 11.5 Å². The number of halogens is 1. The summed E-state index contributed by atoms with van der Waals surface area (Å²) in [6.07, 6.45) is 2.73. The molecule has 1 aromatic heterocycles. The zero-order valence-electron chi connectivity index (χ0n) is 18.4. The van der Waals surface area contributed by atoms with E-state index < -0.39 is 0 Å². The number of Topliss-reactive ketones (excluding diaryl/α,β-unsaturated/α-hetero) is 1. The monoisotopic (exact) mass is 474 g/mol. The fraction of sp³-hybridized carbons (Fsp3) is 0.259. The molecule has 4 heterocycles. The molecule has 3 aliphatic rings. The Bertz CT molecular complexity index is 1410. The van der Waals surface area contributed by atoms with Crippen molar-refractivity contribution in [1.82, 2.24) is 9.47 Å². The Kier molecular flexibility index (Phi) is 5.08. The number of likely N-dealkylation sites (tertiary alicyclic amines) is 1. The number of aromatic nitrogens is 1. The number of carbonyl (C=O) groups is 1. The lowest BCUT2D eigenvalue weighted by Gasteiger charge is -2.42. The highest BCUT2D eigenvalue weighted by atomic mass is 35.5. The number of ether oxygens (including phenoxy) is 1.